The summed E-state index contributed by atoms with van der Waals surface area (Å²) in [5.41, 5.74) is 9.35. The topological polar surface area (TPSA) is 78.5 Å². The second-order valence-corrected chi connectivity index (χ2v) is 3.51. The number of nitrogens with zero attached hydrogens (tertiary/aromatic N) is 2. The van der Waals surface area contributed by atoms with Gasteiger partial charge in [-0.2, -0.15) is 10.4 Å². The van der Waals surface area contributed by atoms with E-state index >= 15 is 0 Å². The number of H-pyrrole nitrogens is 1. The van der Waals surface area contributed by atoms with Gasteiger partial charge in [-0.3, -0.25) is 5.10 Å². The Labute approximate surface area is 93.7 Å². The lowest BCUT2D eigenvalue weighted by Crippen LogP contribution is -1.90. The Hall–Kier alpha value is -2.28. The fourth-order valence-electron chi connectivity index (χ4n) is 1.69. The second-order valence-electron chi connectivity index (χ2n) is 3.51. The van der Waals surface area contributed by atoms with Crippen LogP contribution in [-0.2, 0) is 6.42 Å². The molecule has 0 spiro atoms. The zero-order chi connectivity index (χ0) is 11.5. The van der Waals surface area contributed by atoms with Gasteiger partial charge in [-0.25, -0.2) is 0 Å². The van der Waals surface area contributed by atoms with Gasteiger partial charge in [0.2, 0.25) is 0 Å². The first-order chi connectivity index (χ1) is 7.76. The SMILES string of the molecule is CCc1c(N)n[nH]c1-c1ccc(C#N)cc1. The number of aromatic nitrogens is 2. The molecule has 0 radical (unpaired) electrons. The van der Waals surface area contributed by atoms with Gasteiger partial charge >= 0.3 is 0 Å². The van der Waals surface area contributed by atoms with Crippen molar-refractivity contribution < 1.29 is 0 Å². The van der Waals surface area contributed by atoms with E-state index in [1.165, 1.54) is 0 Å². The van der Waals surface area contributed by atoms with E-state index in [2.05, 4.69) is 16.3 Å². The lowest BCUT2D eigenvalue weighted by Gasteiger charge is -2.01. The Morgan fingerprint density at radius 2 is 2.06 bits per heavy atom. The maximum atomic E-state index is 8.71. The van der Waals surface area contributed by atoms with Gasteiger partial charge in [0.25, 0.3) is 0 Å². The summed E-state index contributed by atoms with van der Waals surface area (Å²) in [6.07, 6.45) is 0.831. The van der Waals surface area contributed by atoms with Crippen molar-refractivity contribution in [3.05, 3.63) is 35.4 Å². The zero-order valence-electron chi connectivity index (χ0n) is 8.99. The first-order valence-electron chi connectivity index (χ1n) is 5.09. The summed E-state index contributed by atoms with van der Waals surface area (Å²) < 4.78 is 0. The number of nitrogens with one attached hydrogen (secondary N) is 1. The van der Waals surface area contributed by atoms with Crippen LogP contribution in [-0.4, -0.2) is 10.2 Å². The molecule has 3 N–H and O–H groups in total. The molecule has 0 aliphatic heterocycles. The maximum Gasteiger partial charge on any atom is 0.149 e. The predicted octanol–water partition coefficient (Wildman–Crippen LogP) is 2.09. The van der Waals surface area contributed by atoms with Gasteiger partial charge in [-0.15, -0.1) is 0 Å². The first kappa shape index (κ1) is 10.2. The monoisotopic (exact) mass is 212 g/mol. The lowest BCUT2D eigenvalue weighted by molar-refractivity contribution is 1.10. The highest BCUT2D eigenvalue weighted by Gasteiger charge is 2.10. The van der Waals surface area contributed by atoms with Gasteiger partial charge in [0.1, 0.15) is 5.82 Å². The summed E-state index contributed by atoms with van der Waals surface area (Å²) in [5, 5.41) is 15.6. The van der Waals surface area contributed by atoms with Gasteiger partial charge in [0, 0.05) is 5.56 Å². The lowest BCUT2D eigenvalue weighted by atomic mass is 10.0. The van der Waals surface area contributed by atoms with Crippen molar-refractivity contribution in [3.63, 3.8) is 0 Å². The van der Waals surface area contributed by atoms with E-state index in [4.69, 9.17) is 11.0 Å². The molecule has 4 nitrogen and oxygen atoms in total. The molecular formula is C12H12N4. The van der Waals surface area contributed by atoms with Crippen LogP contribution in [0.3, 0.4) is 0 Å². The Bertz CT molecular complexity index is 531. The minimum atomic E-state index is 0.543. The summed E-state index contributed by atoms with van der Waals surface area (Å²) >= 11 is 0. The molecule has 1 aromatic heterocycles. The minimum Gasteiger partial charge on any atom is -0.382 e. The van der Waals surface area contributed by atoms with Crippen molar-refractivity contribution in [1.82, 2.24) is 10.2 Å². The van der Waals surface area contributed by atoms with E-state index in [0.29, 0.717) is 11.4 Å². The maximum absolute atomic E-state index is 8.71. The molecule has 80 valence electrons. The van der Waals surface area contributed by atoms with Crippen molar-refractivity contribution >= 4 is 5.82 Å². The molecule has 0 unspecified atom stereocenters. The third-order valence-electron chi connectivity index (χ3n) is 2.56. The summed E-state index contributed by atoms with van der Waals surface area (Å²) in [5.74, 6) is 0.543. The minimum absolute atomic E-state index is 0.543. The molecule has 0 amide bonds. The smallest absolute Gasteiger partial charge is 0.149 e. The van der Waals surface area contributed by atoms with Crippen LogP contribution in [0.1, 0.15) is 18.1 Å². The van der Waals surface area contributed by atoms with Crippen LogP contribution in [0.5, 0.6) is 0 Å². The molecule has 0 fully saturated rings. The van der Waals surface area contributed by atoms with E-state index < -0.39 is 0 Å². The molecule has 4 heteroatoms. The van der Waals surface area contributed by atoms with Gasteiger partial charge in [0.15, 0.2) is 0 Å². The van der Waals surface area contributed by atoms with Crippen LogP contribution in [0, 0.1) is 11.3 Å². The molecule has 0 saturated heterocycles. The quantitative estimate of drug-likeness (QED) is 0.800. The Morgan fingerprint density at radius 1 is 1.38 bits per heavy atom. The van der Waals surface area contributed by atoms with Crippen LogP contribution in [0.2, 0.25) is 0 Å². The van der Waals surface area contributed by atoms with Crippen LogP contribution < -0.4 is 5.73 Å². The number of aromatic amines is 1. The molecule has 2 rings (SSSR count). The Morgan fingerprint density at radius 3 is 2.62 bits per heavy atom. The van der Waals surface area contributed by atoms with Gasteiger partial charge in [0.05, 0.1) is 17.3 Å². The first-order valence-corrected chi connectivity index (χ1v) is 5.09. The number of nitrogen functional groups attached to an aromatic ring is 1. The van der Waals surface area contributed by atoms with Gasteiger partial charge in [-0.1, -0.05) is 19.1 Å². The molecule has 0 aliphatic rings. The van der Waals surface area contributed by atoms with Crippen LogP contribution in [0.4, 0.5) is 5.82 Å². The third kappa shape index (κ3) is 1.63. The average molecular weight is 212 g/mol. The molecule has 1 aromatic carbocycles. The molecule has 16 heavy (non-hydrogen) atoms. The number of anilines is 1. The van der Waals surface area contributed by atoms with Crippen LogP contribution >= 0.6 is 0 Å². The Balaban J connectivity index is 2.47. The fraction of sp³-hybridized carbons (Fsp3) is 0.167. The number of rotatable bonds is 2. The van der Waals surface area contributed by atoms with E-state index in [9.17, 15) is 0 Å². The zero-order valence-corrected chi connectivity index (χ0v) is 8.99. The van der Waals surface area contributed by atoms with Crippen molar-refractivity contribution in [3.8, 4) is 17.3 Å². The summed E-state index contributed by atoms with van der Waals surface area (Å²) in [6.45, 7) is 2.04. The van der Waals surface area contributed by atoms with Crippen molar-refractivity contribution in [2.45, 2.75) is 13.3 Å². The van der Waals surface area contributed by atoms with E-state index in [1.807, 2.05) is 19.1 Å². The normalized spacial score (nSPS) is 10.0. The third-order valence-corrected chi connectivity index (χ3v) is 2.56. The Kier molecular flexibility index (Phi) is 2.61. The second kappa shape index (κ2) is 4.07. The van der Waals surface area contributed by atoms with Crippen LogP contribution in [0.25, 0.3) is 11.3 Å². The largest absolute Gasteiger partial charge is 0.382 e. The van der Waals surface area contributed by atoms with Crippen molar-refractivity contribution in [2.75, 3.05) is 5.73 Å². The molecule has 2 aromatic rings. The molecule has 0 atom stereocenters. The van der Waals surface area contributed by atoms with Crippen LogP contribution in [0.15, 0.2) is 24.3 Å². The number of nitriles is 1. The fourth-order valence-corrected chi connectivity index (χ4v) is 1.69. The number of nitrogens with two attached hydrogens (primary N) is 1. The highest BCUT2D eigenvalue weighted by atomic mass is 15.2. The molecular weight excluding hydrogens is 200 g/mol. The summed E-state index contributed by atoms with van der Waals surface area (Å²) in [4.78, 5) is 0. The highest BCUT2D eigenvalue weighted by Crippen LogP contribution is 2.25. The average Bonchev–Trinajstić information content (AvgIpc) is 2.70. The molecule has 0 saturated carbocycles. The van der Waals surface area contributed by atoms with E-state index in [0.717, 1.165) is 23.2 Å². The summed E-state index contributed by atoms with van der Waals surface area (Å²) in [6, 6.07) is 9.44. The molecule has 0 aliphatic carbocycles. The molecule has 0 bridgehead atoms. The van der Waals surface area contributed by atoms with Crippen molar-refractivity contribution in [2.24, 2.45) is 0 Å². The van der Waals surface area contributed by atoms with E-state index in [1.54, 1.807) is 12.1 Å². The van der Waals surface area contributed by atoms with Gasteiger partial charge in [-0.05, 0) is 24.1 Å². The van der Waals surface area contributed by atoms with Crippen molar-refractivity contribution in [1.29, 1.82) is 5.26 Å². The number of hydrogen-bond acceptors (Lipinski definition) is 3. The predicted molar refractivity (Wildman–Crippen MR) is 62.5 cm³/mol. The highest BCUT2D eigenvalue weighted by molar-refractivity contribution is 5.68. The number of hydrogen-bond donors (Lipinski definition) is 2. The van der Waals surface area contributed by atoms with E-state index in [-0.39, 0.29) is 0 Å². The standard InChI is InChI=1S/C12H12N4/c1-2-10-11(15-16-12(10)14)9-5-3-8(7-13)4-6-9/h3-6H,2H2,1H3,(H3,14,15,16). The van der Waals surface area contributed by atoms with Gasteiger partial charge < -0.3 is 5.73 Å². The number of benzene rings is 1. The summed E-state index contributed by atoms with van der Waals surface area (Å²) in [7, 11) is 0. The molecule has 1 heterocycles.